The van der Waals surface area contributed by atoms with Gasteiger partial charge in [-0.1, -0.05) is 18.2 Å². The van der Waals surface area contributed by atoms with Crippen molar-refractivity contribution in [1.82, 2.24) is 9.88 Å². The summed E-state index contributed by atoms with van der Waals surface area (Å²) < 4.78 is 14.3. The van der Waals surface area contributed by atoms with Crippen molar-refractivity contribution in [3.05, 3.63) is 70.4 Å². The van der Waals surface area contributed by atoms with Crippen LogP contribution in [0.2, 0.25) is 0 Å². The molecule has 22 heavy (non-hydrogen) atoms. The molecular formula is C16H17FN2O3. The lowest BCUT2D eigenvalue weighted by Crippen LogP contribution is -2.31. The Kier molecular flexibility index (Phi) is 5.43. The van der Waals surface area contributed by atoms with E-state index in [9.17, 15) is 19.1 Å². The molecule has 1 heterocycles. The highest BCUT2D eigenvalue weighted by Crippen LogP contribution is 2.13. The zero-order valence-electron chi connectivity index (χ0n) is 11.9. The van der Waals surface area contributed by atoms with E-state index in [1.54, 1.807) is 22.9 Å². The van der Waals surface area contributed by atoms with Crippen molar-refractivity contribution in [3.63, 3.8) is 0 Å². The third-order valence-corrected chi connectivity index (χ3v) is 3.21. The molecule has 2 aromatic rings. The molecule has 116 valence electrons. The molecule has 0 aliphatic rings. The number of aliphatic hydroxyl groups is 1. The summed E-state index contributed by atoms with van der Waals surface area (Å²) in [6.07, 6.45) is 0.906. The van der Waals surface area contributed by atoms with Gasteiger partial charge in [-0.05, 0) is 30.2 Å². The van der Waals surface area contributed by atoms with E-state index < -0.39 is 17.8 Å². The Morgan fingerprint density at radius 3 is 2.64 bits per heavy atom. The second-order valence-electron chi connectivity index (χ2n) is 4.83. The van der Waals surface area contributed by atoms with Crippen LogP contribution in [-0.2, 0) is 11.3 Å². The summed E-state index contributed by atoms with van der Waals surface area (Å²) in [5, 5.41) is 12.4. The van der Waals surface area contributed by atoms with Crippen LogP contribution in [0.4, 0.5) is 4.39 Å². The quantitative estimate of drug-likeness (QED) is 0.789. The molecule has 5 nitrogen and oxygen atoms in total. The number of aromatic nitrogens is 1. The van der Waals surface area contributed by atoms with Gasteiger partial charge in [0.1, 0.15) is 5.82 Å². The van der Waals surface area contributed by atoms with Crippen LogP contribution in [0.1, 0.15) is 18.1 Å². The molecule has 0 radical (unpaired) electrons. The highest BCUT2D eigenvalue weighted by Gasteiger charge is 2.16. The van der Waals surface area contributed by atoms with E-state index in [2.05, 4.69) is 5.32 Å². The van der Waals surface area contributed by atoms with Crippen LogP contribution in [0.15, 0.2) is 53.5 Å². The molecule has 0 unspecified atom stereocenters. The van der Waals surface area contributed by atoms with Gasteiger partial charge in [0.2, 0.25) is 5.56 Å². The molecule has 0 fully saturated rings. The number of nitrogens with one attached hydrogen (secondary N) is 1. The van der Waals surface area contributed by atoms with Crippen molar-refractivity contribution in [2.45, 2.75) is 19.1 Å². The fourth-order valence-corrected chi connectivity index (χ4v) is 2.00. The summed E-state index contributed by atoms with van der Waals surface area (Å²) in [6, 6.07) is 10.0. The number of aryl methyl sites for hydroxylation is 1. The molecule has 1 aromatic carbocycles. The number of hydrogen-bond acceptors (Lipinski definition) is 3. The van der Waals surface area contributed by atoms with Crippen molar-refractivity contribution >= 4 is 5.91 Å². The first-order valence-corrected chi connectivity index (χ1v) is 6.94. The van der Waals surface area contributed by atoms with Gasteiger partial charge in [0.15, 0.2) is 6.10 Å². The smallest absolute Gasteiger partial charge is 0.253 e. The molecule has 2 N–H and O–H groups in total. The average molecular weight is 304 g/mol. The van der Waals surface area contributed by atoms with Crippen molar-refractivity contribution in [1.29, 1.82) is 0 Å². The number of hydrogen-bond donors (Lipinski definition) is 2. The zero-order chi connectivity index (χ0) is 15.9. The molecule has 1 atom stereocenters. The number of aliphatic hydroxyl groups excluding tert-OH is 1. The topological polar surface area (TPSA) is 71.3 Å². The molecule has 2 rings (SSSR count). The predicted molar refractivity (Wildman–Crippen MR) is 79.7 cm³/mol. The lowest BCUT2D eigenvalue weighted by atomic mass is 10.1. The summed E-state index contributed by atoms with van der Waals surface area (Å²) in [5.74, 6) is -0.975. The van der Waals surface area contributed by atoms with Crippen LogP contribution < -0.4 is 10.9 Å². The van der Waals surface area contributed by atoms with Crippen molar-refractivity contribution in [2.24, 2.45) is 0 Å². The highest BCUT2D eigenvalue weighted by molar-refractivity contribution is 5.81. The fraction of sp³-hybridized carbons (Fsp3) is 0.250. The predicted octanol–water partition coefficient (Wildman–Crippen LogP) is 1.23. The summed E-state index contributed by atoms with van der Waals surface area (Å²) in [7, 11) is 0. The van der Waals surface area contributed by atoms with Crippen LogP contribution in [0.25, 0.3) is 0 Å². The molecule has 1 amide bonds. The molecule has 0 aliphatic heterocycles. The van der Waals surface area contributed by atoms with Gasteiger partial charge < -0.3 is 15.0 Å². The van der Waals surface area contributed by atoms with E-state index in [-0.39, 0.29) is 5.56 Å². The maximum Gasteiger partial charge on any atom is 0.253 e. The fourth-order valence-electron chi connectivity index (χ4n) is 2.00. The minimum absolute atomic E-state index is 0.0971. The molecule has 0 bridgehead atoms. The molecule has 0 spiro atoms. The first kappa shape index (κ1) is 15.9. The van der Waals surface area contributed by atoms with Gasteiger partial charge in [-0.15, -0.1) is 0 Å². The van der Waals surface area contributed by atoms with Crippen molar-refractivity contribution in [3.8, 4) is 0 Å². The van der Waals surface area contributed by atoms with Crippen molar-refractivity contribution in [2.75, 3.05) is 6.54 Å². The van der Waals surface area contributed by atoms with E-state index in [1.165, 1.54) is 30.3 Å². The first-order valence-electron chi connectivity index (χ1n) is 6.94. The monoisotopic (exact) mass is 304 g/mol. The third-order valence-electron chi connectivity index (χ3n) is 3.21. The Bertz CT molecular complexity index is 682. The van der Waals surface area contributed by atoms with Gasteiger partial charge in [-0.2, -0.15) is 0 Å². The van der Waals surface area contributed by atoms with Gasteiger partial charge >= 0.3 is 0 Å². The molecule has 1 aromatic heterocycles. The van der Waals surface area contributed by atoms with Crippen LogP contribution in [-0.4, -0.2) is 22.1 Å². The van der Waals surface area contributed by atoms with Gasteiger partial charge in [0.25, 0.3) is 5.91 Å². The average Bonchev–Trinajstić information content (AvgIpc) is 2.53. The largest absolute Gasteiger partial charge is 0.378 e. The lowest BCUT2D eigenvalue weighted by molar-refractivity contribution is -0.129. The number of benzene rings is 1. The van der Waals surface area contributed by atoms with Gasteiger partial charge in [-0.25, -0.2) is 4.39 Å². The first-order chi connectivity index (χ1) is 10.6. The number of halogens is 1. The molecular weight excluding hydrogens is 287 g/mol. The third kappa shape index (κ3) is 4.26. The summed E-state index contributed by atoms with van der Waals surface area (Å²) in [6.45, 7) is 0.811. The van der Waals surface area contributed by atoms with E-state index in [1.807, 2.05) is 0 Å². The maximum absolute atomic E-state index is 12.8. The summed E-state index contributed by atoms with van der Waals surface area (Å²) in [4.78, 5) is 23.3. The minimum Gasteiger partial charge on any atom is -0.378 e. The summed E-state index contributed by atoms with van der Waals surface area (Å²) >= 11 is 0. The standard InChI is InChI=1S/C16H17FN2O3/c17-13-7-5-12(6-8-13)15(21)16(22)18-9-3-11-19-10-2-1-4-14(19)20/h1-2,4-8,10,15,21H,3,9,11H2,(H,18,22)/t15-/m1/s1. The van der Waals surface area contributed by atoms with E-state index in [0.29, 0.717) is 25.1 Å². The molecule has 0 saturated carbocycles. The van der Waals surface area contributed by atoms with E-state index in [4.69, 9.17) is 0 Å². The van der Waals surface area contributed by atoms with E-state index >= 15 is 0 Å². The Morgan fingerprint density at radius 1 is 1.23 bits per heavy atom. The van der Waals surface area contributed by atoms with E-state index in [0.717, 1.165) is 0 Å². The molecule has 0 saturated heterocycles. The normalized spacial score (nSPS) is 11.9. The zero-order valence-corrected chi connectivity index (χ0v) is 11.9. The number of nitrogens with zero attached hydrogens (tertiary/aromatic N) is 1. The number of rotatable bonds is 6. The van der Waals surface area contributed by atoms with Crippen LogP contribution in [0.5, 0.6) is 0 Å². The Labute approximate surface area is 127 Å². The minimum atomic E-state index is -1.33. The number of pyridine rings is 1. The maximum atomic E-state index is 12.8. The SMILES string of the molecule is O=C(NCCCn1ccccc1=O)[C@H](O)c1ccc(F)cc1. The Balaban J connectivity index is 1.79. The Hall–Kier alpha value is -2.47. The number of amides is 1. The highest BCUT2D eigenvalue weighted by atomic mass is 19.1. The van der Waals surface area contributed by atoms with Gasteiger partial charge in [0.05, 0.1) is 0 Å². The Morgan fingerprint density at radius 2 is 1.95 bits per heavy atom. The summed E-state index contributed by atoms with van der Waals surface area (Å²) in [5.41, 5.74) is 0.235. The number of carbonyl (C=O) groups excluding carboxylic acids is 1. The van der Waals surface area contributed by atoms with Gasteiger partial charge in [0, 0.05) is 25.4 Å². The second-order valence-corrected chi connectivity index (χ2v) is 4.83. The van der Waals surface area contributed by atoms with Gasteiger partial charge in [-0.3, -0.25) is 9.59 Å². The number of carbonyl (C=O) groups is 1. The second kappa shape index (κ2) is 7.51. The van der Waals surface area contributed by atoms with Crippen molar-refractivity contribution < 1.29 is 14.3 Å². The van der Waals surface area contributed by atoms with Crippen LogP contribution in [0.3, 0.4) is 0 Å². The van der Waals surface area contributed by atoms with Crippen LogP contribution >= 0.6 is 0 Å². The molecule has 6 heteroatoms. The van der Waals surface area contributed by atoms with Crippen LogP contribution in [0, 0.1) is 5.82 Å². The lowest BCUT2D eigenvalue weighted by Gasteiger charge is -2.12. The molecule has 0 aliphatic carbocycles.